The molecule has 3 rings (SSSR count). The van der Waals surface area contributed by atoms with Crippen molar-refractivity contribution in [1.29, 1.82) is 0 Å². The summed E-state index contributed by atoms with van der Waals surface area (Å²) in [5.74, 6) is -1.74. The van der Waals surface area contributed by atoms with Gasteiger partial charge >= 0.3 is 0 Å². The highest BCUT2D eigenvalue weighted by molar-refractivity contribution is 5.94. The molecule has 6 nitrogen and oxygen atoms in total. The molecule has 0 aliphatic carbocycles. The fraction of sp³-hybridized carbons (Fsp3) is 0.316. The lowest BCUT2D eigenvalue weighted by Gasteiger charge is -2.21. The largest absolute Gasteiger partial charge is 0.337 e. The van der Waals surface area contributed by atoms with Gasteiger partial charge in [-0.05, 0) is 42.8 Å². The lowest BCUT2D eigenvalue weighted by Crippen LogP contribution is -2.38. The van der Waals surface area contributed by atoms with Gasteiger partial charge in [0.25, 0.3) is 5.91 Å². The van der Waals surface area contributed by atoms with Crippen LogP contribution in [0.5, 0.6) is 0 Å². The summed E-state index contributed by atoms with van der Waals surface area (Å²) in [6, 6.07) is 8.51. The third-order valence-corrected chi connectivity index (χ3v) is 4.36. The number of carbonyl (C=O) groups is 2. The van der Waals surface area contributed by atoms with Gasteiger partial charge in [0.15, 0.2) is 0 Å². The van der Waals surface area contributed by atoms with Gasteiger partial charge in [-0.15, -0.1) is 0 Å². The first-order valence-electron chi connectivity index (χ1n) is 8.70. The lowest BCUT2D eigenvalue weighted by molar-refractivity contribution is -0.117. The van der Waals surface area contributed by atoms with Crippen LogP contribution in [0.1, 0.15) is 16.8 Å². The van der Waals surface area contributed by atoms with Gasteiger partial charge in [0, 0.05) is 38.1 Å². The van der Waals surface area contributed by atoms with Gasteiger partial charge in [-0.1, -0.05) is 0 Å². The molecule has 1 aromatic heterocycles. The Balaban J connectivity index is 1.53. The zero-order chi connectivity index (χ0) is 19.2. The van der Waals surface area contributed by atoms with E-state index in [9.17, 15) is 18.4 Å². The number of carbonyl (C=O) groups excluding carboxylic acids is 2. The number of aromatic nitrogens is 1. The first-order valence-corrected chi connectivity index (χ1v) is 8.70. The molecule has 27 heavy (non-hydrogen) atoms. The minimum absolute atomic E-state index is 0.0417. The number of halogens is 2. The van der Waals surface area contributed by atoms with E-state index in [1.807, 2.05) is 4.90 Å². The highest BCUT2D eigenvalue weighted by Gasteiger charge is 2.23. The Morgan fingerprint density at radius 1 is 1.04 bits per heavy atom. The van der Waals surface area contributed by atoms with E-state index < -0.39 is 11.9 Å². The van der Waals surface area contributed by atoms with E-state index in [-0.39, 0.29) is 23.8 Å². The zero-order valence-corrected chi connectivity index (χ0v) is 14.7. The Morgan fingerprint density at radius 2 is 1.81 bits per heavy atom. The predicted molar refractivity (Wildman–Crippen MR) is 96.2 cm³/mol. The monoisotopic (exact) mass is 374 g/mol. The van der Waals surface area contributed by atoms with Crippen molar-refractivity contribution in [2.24, 2.45) is 0 Å². The van der Waals surface area contributed by atoms with Crippen LogP contribution in [0.3, 0.4) is 0 Å². The van der Waals surface area contributed by atoms with E-state index in [1.54, 1.807) is 4.90 Å². The normalized spacial score (nSPS) is 15.3. The molecule has 8 heteroatoms. The number of nitrogens with one attached hydrogen (secondary N) is 1. The molecule has 1 fully saturated rings. The summed E-state index contributed by atoms with van der Waals surface area (Å²) in [6.45, 7) is 2.21. The van der Waals surface area contributed by atoms with E-state index in [0.717, 1.165) is 0 Å². The molecule has 1 saturated heterocycles. The summed E-state index contributed by atoms with van der Waals surface area (Å²) in [7, 11) is 0. The zero-order valence-electron chi connectivity index (χ0n) is 14.7. The Labute approximate surface area is 155 Å². The number of rotatable bonds is 4. The molecular formula is C19H20F2N4O2. The van der Waals surface area contributed by atoms with Crippen LogP contribution in [-0.4, -0.2) is 59.3 Å². The Kier molecular flexibility index (Phi) is 6.08. The van der Waals surface area contributed by atoms with E-state index in [1.165, 1.54) is 42.6 Å². The predicted octanol–water partition coefficient (Wildman–Crippen LogP) is 2.15. The summed E-state index contributed by atoms with van der Waals surface area (Å²) in [4.78, 5) is 31.7. The maximum atomic E-state index is 13.7. The number of nitrogens with zero attached hydrogens (tertiary/aromatic N) is 3. The SMILES string of the molecule is O=C(CN1CCCN(C(=O)c2cccnc2F)CC1)Nc1ccc(F)cc1. The summed E-state index contributed by atoms with van der Waals surface area (Å²) >= 11 is 0. The van der Waals surface area contributed by atoms with E-state index in [0.29, 0.717) is 38.3 Å². The van der Waals surface area contributed by atoms with Crippen molar-refractivity contribution in [3.63, 3.8) is 0 Å². The molecule has 0 unspecified atom stereocenters. The van der Waals surface area contributed by atoms with Gasteiger partial charge in [0.2, 0.25) is 11.9 Å². The van der Waals surface area contributed by atoms with Crippen LogP contribution in [0, 0.1) is 11.8 Å². The van der Waals surface area contributed by atoms with Gasteiger partial charge in [0.05, 0.1) is 12.1 Å². The van der Waals surface area contributed by atoms with Crippen LogP contribution in [0.25, 0.3) is 0 Å². The Morgan fingerprint density at radius 3 is 2.56 bits per heavy atom. The van der Waals surface area contributed by atoms with Crippen LogP contribution < -0.4 is 5.32 Å². The second-order valence-corrected chi connectivity index (χ2v) is 6.32. The minimum atomic E-state index is -0.776. The number of hydrogen-bond donors (Lipinski definition) is 1. The minimum Gasteiger partial charge on any atom is -0.337 e. The van der Waals surface area contributed by atoms with Crippen molar-refractivity contribution in [2.75, 3.05) is 38.0 Å². The molecule has 0 saturated carbocycles. The van der Waals surface area contributed by atoms with Crippen LogP contribution >= 0.6 is 0 Å². The molecule has 1 aromatic carbocycles. The van der Waals surface area contributed by atoms with E-state index in [4.69, 9.17) is 0 Å². The number of amides is 2. The van der Waals surface area contributed by atoms with Crippen LogP contribution in [0.15, 0.2) is 42.6 Å². The van der Waals surface area contributed by atoms with Crippen LogP contribution in [-0.2, 0) is 4.79 Å². The highest BCUT2D eigenvalue weighted by Crippen LogP contribution is 2.12. The molecular weight excluding hydrogens is 354 g/mol. The first kappa shape index (κ1) is 18.9. The number of pyridine rings is 1. The number of hydrogen-bond acceptors (Lipinski definition) is 4. The molecule has 142 valence electrons. The van der Waals surface area contributed by atoms with Crippen molar-refractivity contribution in [2.45, 2.75) is 6.42 Å². The maximum Gasteiger partial charge on any atom is 0.258 e. The third-order valence-electron chi connectivity index (χ3n) is 4.36. The fourth-order valence-electron chi connectivity index (χ4n) is 2.98. The summed E-state index contributed by atoms with van der Waals surface area (Å²) in [6.07, 6.45) is 1.98. The quantitative estimate of drug-likeness (QED) is 0.833. The van der Waals surface area contributed by atoms with Gasteiger partial charge in [0.1, 0.15) is 5.82 Å². The van der Waals surface area contributed by atoms with Crippen molar-refractivity contribution in [1.82, 2.24) is 14.8 Å². The first-order chi connectivity index (χ1) is 13.0. The lowest BCUT2D eigenvalue weighted by atomic mass is 10.2. The molecule has 0 spiro atoms. The molecule has 0 bridgehead atoms. The molecule has 1 N–H and O–H groups in total. The van der Waals surface area contributed by atoms with Crippen molar-refractivity contribution >= 4 is 17.5 Å². The molecule has 2 aromatic rings. The van der Waals surface area contributed by atoms with E-state index >= 15 is 0 Å². The highest BCUT2D eigenvalue weighted by atomic mass is 19.1. The number of benzene rings is 1. The van der Waals surface area contributed by atoms with Crippen molar-refractivity contribution < 1.29 is 18.4 Å². The molecule has 2 heterocycles. The smallest absolute Gasteiger partial charge is 0.258 e. The van der Waals surface area contributed by atoms with Gasteiger partial charge in [-0.3, -0.25) is 14.5 Å². The standard InChI is InChI=1S/C19H20F2N4O2/c20-14-4-6-15(7-5-14)23-17(26)13-24-9-2-10-25(12-11-24)19(27)16-3-1-8-22-18(16)21/h1,3-8H,2,9-13H2,(H,23,26). The number of anilines is 1. The summed E-state index contributed by atoms with van der Waals surface area (Å²) in [5, 5.41) is 2.72. The topological polar surface area (TPSA) is 65.5 Å². The molecule has 0 atom stereocenters. The third kappa shape index (κ3) is 5.07. The van der Waals surface area contributed by atoms with E-state index in [2.05, 4.69) is 10.3 Å². The average Bonchev–Trinajstić information content (AvgIpc) is 2.89. The Bertz CT molecular complexity index is 814. The molecule has 2 amide bonds. The second-order valence-electron chi connectivity index (χ2n) is 6.32. The maximum absolute atomic E-state index is 13.7. The van der Waals surface area contributed by atoms with Gasteiger partial charge in [-0.2, -0.15) is 4.39 Å². The van der Waals surface area contributed by atoms with Crippen LogP contribution in [0.4, 0.5) is 14.5 Å². The Hall–Kier alpha value is -2.87. The average molecular weight is 374 g/mol. The van der Waals surface area contributed by atoms with Crippen LogP contribution in [0.2, 0.25) is 0 Å². The summed E-state index contributed by atoms with van der Waals surface area (Å²) in [5.41, 5.74) is 0.486. The van der Waals surface area contributed by atoms with Crippen molar-refractivity contribution in [3.05, 3.63) is 59.9 Å². The van der Waals surface area contributed by atoms with Gasteiger partial charge < -0.3 is 10.2 Å². The van der Waals surface area contributed by atoms with Gasteiger partial charge in [-0.25, -0.2) is 9.37 Å². The van der Waals surface area contributed by atoms with Crippen molar-refractivity contribution in [3.8, 4) is 0 Å². The molecule has 1 aliphatic rings. The second kappa shape index (κ2) is 8.68. The summed E-state index contributed by atoms with van der Waals surface area (Å²) < 4.78 is 26.6. The molecule has 1 aliphatic heterocycles. The fourth-order valence-corrected chi connectivity index (χ4v) is 2.98. The molecule has 0 radical (unpaired) electrons.